The molecule has 1 heterocycles. The molecule has 2 amide bonds. The van der Waals surface area contributed by atoms with Crippen molar-refractivity contribution in [2.24, 2.45) is 23.2 Å². The lowest BCUT2D eigenvalue weighted by Crippen LogP contribution is -2.51. The van der Waals surface area contributed by atoms with E-state index in [1.54, 1.807) is 0 Å². The van der Waals surface area contributed by atoms with Gasteiger partial charge in [0.05, 0.1) is 12.0 Å². The molecule has 1 saturated heterocycles. The van der Waals surface area contributed by atoms with Crippen molar-refractivity contribution in [2.45, 2.75) is 57.8 Å². The van der Waals surface area contributed by atoms with E-state index < -0.39 is 0 Å². The molecule has 156 valence electrons. The van der Waals surface area contributed by atoms with Crippen molar-refractivity contribution in [3.63, 3.8) is 0 Å². The Kier molecular flexibility index (Phi) is 5.10. The maximum atomic E-state index is 13.2. The summed E-state index contributed by atoms with van der Waals surface area (Å²) < 4.78 is 0. The second kappa shape index (κ2) is 7.75. The molecule has 6 rings (SSSR count). The van der Waals surface area contributed by atoms with E-state index >= 15 is 0 Å². The summed E-state index contributed by atoms with van der Waals surface area (Å²) in [6, 6.07) is 7.61. The van der Waals surface area contributed by atoms with Gasteiger partial charge < -0.3 is 10.6 Å². The Labute approximate surface area is 173 Å². The zero-order chi connectivity index (χ0) is 19.8. The van der Waals surface area contributed by atoms with Crippen molar-refractivity contribution in [3.8, 4) is 0 Å². The molecule has 0 radical (unpaired) electrons. The van der Waals surface area contributed by atoms with E-state index in [0.29, 0.717) is 6.54 Å². The minimum Gasteiger partial charge on any atom is -0.326 e. The van der Waals surface area contributed by atoms with E-state index in [1.807, 2.05) is 24.3 Å². The topological polar surface area (TPSA) is 61.4 Å². The molecular formula is C24H33N3O2. The lowest BCUT2D eigenvalue weighted by atomic mass is 9.49. The molecule has 5 heteroatoms. The van der Waals surface area contributed by atoms with Crippen LogP contribution < -0.4 is 10.6 Å². The van der Waals surface area contributed by atoms with Gasteiger partial charge >= 0.3 is 0 Å². The molecular weight excluding hydrogens is 362 g/mol. The minimum absolute atomic E-state index is 0.0391. The van der Waals surface area contributed by atoms with Crippen LogP contribution in [0.4, 0.5) is 11.4 Å². The molecule has 0 spiro atoms. The minimum atomic E-state index is -0.129. The van der Waals surface area contributed by atoms with Crippen molar-refractivity contribution in [3.05, 3.63) is 24.3 Å². The number of piperidine rings is 1. The van der Waals surface area contributed by atoms with Gasteiger partial charge in [0.25, 0.3) is 0 Å². The molecule has 1 aromatic rings. The molecule has 0 unspecified atom stereocenters. The van der Waals surface area contributed by atoms with E-state index in [0.717, 1.165) is 61.5 Å². The van der Waals surface area contributed by atoms with Gasteiger partial charge in [-0.05, 0) is 106 Å². The van der Waals surface area contributed by atoms with Crippen LogP contribution in [-0.2, 0) is 9.59 Å². The number of hydrogen-bond acceptors (Lipinski definition) is 3. The fourth-order valence-electron chi connectivity index (χ4n) is 6.81. The van der Waals surface area contributed by atoms with E-state index in [4.69, 9.17) is 0 Å². The Morgan fingerprint density at radius 1 is 0.828 bits per heavy atom. The molecule has 0 atom stereocenters. The molecule has 2 N–H and O–H groups in total. The molecule has 5 aliphatic rings. The van der Waals surface area contributed by atoms with E-state index in [9.17, 15) is 9.59 Å². The first-order chi connectivity index (χ1) is 14.1. The summed E-state index contributed by atoms with van der Waals surface area (Å²) in [4.78, 5) is 27.7. The van der Waals surface area contributed by atoms with Crippen LogP contribution >= 0.6 is 0 Å². The SMILES string of the molecule is O=C(CN1CCCCC1)Nc1ccc(NC(=O)C23CC4CC(CC(C4)C2)C3)cc1. The zero-order valence-electron chi connectivity index (χ0n) is 17.3. The molecule has 4 saturated carbocycles. The predicted molar refractivity (Wildman–Crippen MR) is 115 cm³/mol. The van der Waals surface area contributed by atoms with Crippen molar-refractivity contribution in [2.75, 3.05) is 30.3 Å². The van der Waals surface area contributed by atoms with Crippen LogP contribution in [0.3, 0.4) is 0 Å². The zero-order valence-corrected chi connectivity index (χ0v) is 17.3. The number of rotatable bonds is 5. The molecule has 0 aromatic heterocycles. The molecule has 1 aromatic carbocycles. The molecule has 1 aliphatic heterocycles. The van der Waals surface area contributed by atoms with Crippen molar-refractivity contribution in [1.82, 2.24) is 4.90 Å². The van der Waals surface area contributed by atoms with Gasteiger partial charge in [-0.25, -0.2) is 0 Å². The second-order valence-corrected chi connectivity index (χ2v) is 10.1. The van der Waals surface area contributed by atoms with Gasteiger partial charge in [0.15, 0.2) is 0 Å². The largest absolute Gasteiger partial charge is 0.326 e. The second-order valence-electron chi connectivity index (χ2n) is 10.1. The fraction of sp³-hybridized carbons (Fsp3) is 0.667. The maximum Gasteiger partial charge on any atom is 0.238 e. The summed E-state index contributed by atoms with van der Waals surface area (Å²) >= 11 is 0. The number of carbonyl (C=O) groups excluding carboxylic acids is 2. The average Bonchev–Trinajstić information content (AvgIpc) is 2.69. The van der Waals surface area contributed by atoms with Crippen LogP contribution in [0.1, 0.15) is 57.8 Å². The summed E-state index contributed by atoms with van der Waals surface area (Å²) in [6.07, 6.45) is 10.9. The van der Waals surface area contributed by atoms with Gasteiger partial charge in [-0.2, -0.15) is 0 Å². The van der Waals surface area contributed by atoms with Gasteiger partial charge in [0.1, 0.15) is 0 Å². The van der Waals surface area contributed by atoms with Gasteiger partial charge in [-0.15, -0.1) is 0 Å². The van der Waals surface area contributed by atoms with Crippen LogP contribution in [0.15, 0.2) is 24.3 Å². The number of likely N-dealkylation sites (tertiary alicyclic amines) is 1. The standard InChI is InChI=1S/C24H33N3O2/c28-22(16-27-8-2-1-3-9-27)25-20-4-6-21(7-5-20)26-23(29)24-13-17-10-18(14-24)12-19(11-17)15-24/h4-7,17-19H,1-3,8-16H2,(H,25,28)(H,26,29). The number of nitrogens with one attached hydrogen (secondary N) is 2. The number of benzene rings is 1. The summed E-state index contributed by atoms with van der Waals surface area (Å²) in [5.41, 5.74) is 1.50. The Balaban J connectivity index is 1.16. The van der Waals surface area contributed by atoms with Crippen LogP contribution in [0.2, 0.25) is 0 Å². The maximum absolute atomic E-state index is 13.2. The van der Waals surface area contributed by atoms with Crippen LogP contribution in [0, 0.1) is 23.2 Å². The Morgan fingerprint density at radius 2 is 1.34 bits per heavy atom. The fourth-order valence-corrected chi connectivity index (χ4v) is 6.81. The summed E-state index contributed by atoms with van der Waals surface area (Å²) in [7, 11) is 0. The molecule has 5 nitrogen and oxygen atoms in total. The van der Waals surface area contributed by atoms with Crippen LogP contribution in [0.25, 0.3) is 0 Å². The third-order valence-corrected chi connectivity index (χ3v) is 7.76. The summed E-state index contributed by atoms with van der Waals surface area (Å²) in [6.45, 7) is 2.50. The Hall–Kier alpha value is -1.88. The highest BCUT2D eigenvalue weighted by Gasteiger charge is 2.54. The number of carbonyl (C=O) groups is 2. The Morgan fingerprint density at radius 3 is 1.90 bits per heavy atom. The monoisotopic (exact) mass is 395 g/mol. The smallest absolute Gasteiger partial charge is 0.238 e. The molecule has 5 fully saturated rings. The van der Waals surface area contributed by atoms with Crippen molar-refractivity contribution in [1.29, 1.82) is 0 Å². The molecule has 4 bridgehead atoms. The van der Waals surface area contributed by atoms with E-state index in [1.165, 1.54) is 38.5 Å². The van der Waals surface area contributed by atoms with Crippen molar-refractivity contribution < 1.29 is 9.59 Å². The Bertz CT molecular complexity index is 732. The summed E-state index contributed by atoms with van der Waals surface area (Å²) in [5, 5.41) is 6.17. The third-order valence-electron chi connectivity index (χ3n) is 7.76. The lowest BCUT2D eigenvalue weighted by molar-refractivity contribution is -0.140. The lowest BCUT2D eigenvalue weighted by Gasteiger charge is -2.55. The quantitative estimate of drug-likeness (QED) is 0.783. The van der Waals surface area contributed by atoms with Gasteiger partial charge in [-0.3, -0.25) is 14.5 Å². The average molecular weight is 396 g/mol. The van der Waals surface area contributed by atoms with Gasteiger partial charge in [0.2, 0.25) is 11.8 Å². The molecule has 4 aliphatic carbocycles. The van der Waals surface area contributed by atoms with E-state index in [2.05, 4.69) is 15.5 Å². The van der Waals surface area contributed by atoms with Crippen LogP contribution in [-0.4, -0.2) is 36.3 Å². The summed E-state index contributed by atoms with van der Waals surface area (Å²) in [5.74, 6) is 2.56. The first-order valence-electron chi connectivity index (χ1n) is 11.5. The number of anilines is 2. The van der Waals surface area contributed by atoms with E-state index in [-0.39, 0.29) is 17.2 Å². The van der Waals surface area contributed by atoms with Crippen LogP contribution in [0.5, 0.6) is 0 Å². The van der Waals surface area contributed by atoms with Crippen molar-refractivity contribution >= 4 is 23.2 Å². The molecule has 29 heavy (non-hydrogen) atoms. The predicted octanol–water partition coefficient (Wildman–Crippen LogP) is 4.27. The first kappa shape index (κ1) is 19.1. The highest BCUT2D eigenvalue weighted by molar-refractivity contribution is 5.96. The number of amides is 2. The third kappa shape index (κ3) is 4.07. The van der Waals surface area contributed by atoms with Gasteiger partial charge in [0, 0.05) is 11.4 Å². The normalized spacial score (nSPS) is 33.4. The number of hydrogen-bond donors (Lipinski definition) is 2. The first-order valence-corrected chi connectivity index (χ1v) is 11.5. The highest BCUT2D eigenvalue weighted by atomic mass is 16.2. The highest BCUT2D eigenvalue weighted by Crippen LogP contribution is 2.60. The van der Waals surface area contributed by atoms with Gasteiger partial charge in [-0.1, -0.05) is 6.42 Å². The number of nitrogens with zero attached hydrogens (tertiary/aromatic N) is 1.